The molecule has 1 saturated heterocycles. The van der Waals surface area contributed by atoms with Gasteiger partial charge < -0.3 is 25.4 Å². The molecule has 7 nitrogen and oxygen atoms in total. The standard InChI is InChI=1S/C21H25N3O4/c1-27-16-11-15(12-17(13-16)28-2)21(26)23-18-5-3-4-6-19(18)24-9-7-14(8-10-24)20(22)25/h3-6,11-14H,7-10H2,1-2H3,(H2,22,25)(H,23,26). The maximum Gasteiger partial charge on any atom is 0.255 e. The van der Waals surface area contributed by atoms with Crippen LogP contribution in [-0.2, 0) is 4.79 Å². The van der Waals surface area contributed by atoms with Crippen molar-refractivity contribution in [1.82, 2.24) is 0 Å². The number of rotatable bonds is 6. The Labute approximate surface area is 164 Å². The molecule has 2 aromatic carbocycles. The molecular formula is C21H25N3O4. The second kappa shape index (κ2) is 8.65. The van der Waals surface area contributed by atoms with Crippen LogP contribution in [0.25, 0.3) is 0 Å². The molecule has 0 saturated carbocycles. The van der Waals surface area contributed by atoms with E-state index in [4.69, 9.17) is 15.2 Å². The number of primary amides is 1. The van der Waals surface area contributed by atoms with Crippen LogP contribution in [-0.4, -0.2) is 39.1 Å². The lowest BCUT2D eigenvalue weighted by molar-refractivity contribution is -0.122. The average molecular weight is 383 g/mol. The number of nitrogens with zero attached hydrogens (tertiary/aromatic N) is 1. The Bertz CT molecular complexity index is 838. The summed E-state index contributed by atoms with van der Waals surface area (Å²) < 4.78 is 10.5. The number of hydrogen-bond acceptors (Lipinski definition) is 5. The highest BCUT2D eigenvalue weighted by Gasteiger charge is 2.24. The second-order valence-electron chi connectivity index (χ2n) is 6.74. The van der Waals surface area contributed by atoms with Gasteiger partial charge in [-0.25, -0.2) is 0 Å². The SMILES string of the molecule is COc1cc(OC)cc(C(=O)Nc2ccccc2N2CCC(C(N)=O)CC2)c1. The Morgan fingerprint density at radius 1 is 1.04 bits per heavy atom. The van der Waals surface area contributed by atoms with E-state index in [2.05, 4.69) is 10.2 Å². The number of amides is 2. The Morgan fingerprint density at radius 2 is 1.64 bits per heavy atom. The van der Waals surface area contributed by atoms with E-state index in [0.717, 1.165) is 5.69 Å². The van der Waals surface area contributed by atoms with Gasteiger partial charge in [0, 0.05) is 30.6 Å². The average Bonchev–Trinajstić information content (AvgIpc) is 2.73. The predicted octanol–water partition coefficient (Wildman–Crippen LogP) is 2.66. The largest absolute Gasteiger partial charge is 0.497 e. The number of nitrogens with two attached hydrogens (primary N) is 1. The zero-order chi connectivity index (χ0) is 20.1. The molecule has 7 heteroatoms. The minimum absolute atomic E-state index is 0.0812. The lowest BCUT2D eigenvalue weighted by Gasteiger charge is -2.33. The van der Waals surface area contributed by atoms with E-state index in [1.54, 1.807) is 32.4 Å². The first-order valence-corrected chi connectivity index (χ1v) is 9.19. The molecule has 148 valence electrons. The van der Waals surface area contributed by atoms with Crippen molar-refractivity contribution >= 4 is 23.2 Å². The van der Waals surface area contributed by atoms with Gasteiger partial charge in [-0.1, -0.05) is 12.1 Å². The molecule has 2 aromatic rings. The summed E-state index contributed by atoms with van der Waals surface area (Å²) in [4.78, 5) is 26.4. The van der Waals surface area contributed by atoms with Crippen molar-refractivity contribution in [3.05, 3.63) is 48.0 Å². The normalized spacial score (nSPS) is 14.4. The molecule has 0 spiro atoms. The fourth-order valence-corrected chi connectivity index (χ4v) is 3.39. The van der Waals surface area contributed by atoms with Crippen LogP contribution >= 0.6 is 0 Å². The van der Waals surface area contributed by atoms with Crippen molar-refractivity contribution in [1.29, 1.82) is 0 Å². The highest BCUT2D eigenvalue weighted by Crippen LogP contribution is 2.31. The number of methoxy groups -OCH3 is 2. The van der Waals surface area contributed by atoms with E-state index in [1.807, 2.05) is 24.3 Å². The Hall–Kier alpha value is -3.22. The number of benzene rings is 2. The molecule has 2 amide bonds. The molecule has 0 unspecified atom stereocenters. The van der Waals surface area contributed by atoms with E-state index >= 15 is 0 Å². The molecule has 1 fully saturated rings. The first-order chi connectivity index (χ1) is 13.5. The van der Waals surface area contributed by atoms with Gasteiger partial charge in [0.2, 0.25) is 5.91 Å². The second-order valence-corrected chi connectivity index (χ2v) is 6.74. The smallest absolute Gasteiger partial charge is 0.255 e. The van der Waals surface area contributed by atoms with Crippen LogP contribution in [0, 0.1) is 5.92 Å². The summed E-state index contributed by atoms with van der Waals surface area (Å²) in [5.41, 5.74) is 7.51. The first-order valence-electron chi connectivity index (χ1n) is 9.19. The van der Waals surface area contributed by atoms with Crippen LogP contribution in [0.15, 0.2) is 42.5 Å². The summed E-state index contributed by atoms with van der Waals surface area (Å²) in [7, 11) is 3.09. The summed E-state index contributed by atoms with van der Waals surface area (Å²) in [6.07, 6.45) is 1.43. The molecule has 3 rings (SSSR count). The Kier molecular flexibility index (Phi) is 6.03. The third-order valence-corrected chi connectivity index (χ3v) is 5.00. The number of piperidine rings is 1. The van der Waals surface area contributed by atoms with Crippen LogP contribution in [0.3, 0.4) is 0 Å². The van der Waals surface area contributed by atoms with Gasteiger partial charge in [-0.2, -0.15) is 0 Å². The summed E-state index contributed by atoms with van der Waals surface area (Å²) >= 11 is 0. The highest BCUT2D eigenvalue weighted by molar-refractivity contribution is 6.06. The molecule has 1 aliphatic rings. The van der Waals surface area contributed by atoms with Gasteiger partial charge in [-0.3, -0.25) is 9.59 Å². The molecule has 0 radical (unpaired) electrons. The van der Waals surface area contributed by atoms with E-state index in [1.165, 1.54) is 0 Å². The topological polar surface area (TPSA) is 93.9 Å². The molecule has 28 heavy (non-hydrogen) atoms. The lowest BCUT2D eigenvalue weighted by atomic mass is 9.96. The maximum atomic E-state index is 12.8. The van der Waals surface area contributed by atoms with E-state index < -0.39 is 0 Å². The van der Waals surface area contributed by atoms with Crippen molar-refractivity contribution < 1.29 is 19.1 Å². The summed E-state index contributed by atoms with van der Waals surface area (Å²) in [5.74, 6) is 0.518. The van der Waals surface area contributed by atoms with Crippen molar-refractivity contribution in [2.75, 3.05) is 37.5 Å². The minimum Gasteiger partial charge on any atom is -0.497 e. The van der Waals surface area contributed by atoms with Gasteiger partial charge in [0.1, 0.15) is 11.5 Å². The van der Waals surface area contributed by atoms with E-state index in [9.17, 15) is 9.59 Å². The number of carbonyl (C=O) groups is 2. The fourth-order valence-electron chi connectivity index (χ4n) is 3.39. The van der Waals surface area contributed by atoms with Crippen LogP contribution in [0.2, 0.25) is 0 Å². The molecule has 0 bridgehead atoms. The molecule has 3 N–H and O–H groups in total. The molecule has 1 aliphatic heterocycles. The number of para-hydroxylation sites is 2. The summed E-state index contributed by atoms with van der Waals surface area (Å²) in [6, 6.07) is 12.7. The maximum absolute atomic E-state index is 12.8. The van der Waals surface area contributed by atoms with Crippen molar-refractivity contribution in [2.45, 2.75) is 12.8 Å². The number of hydrogen-bond donors (Lipinski definition) is 2. The molecular weight excluding hydrogens is 358 g/mol. The quantitative estimate of drug-likeness (QED) is 0.800. The van der Waals surface area contributed by atoms with Gasteiger partial charge in [0.15, 0.2) is 0 Å². The predicted molar refractivity (Wildman–Crippen MR) is 108 cm³/mol. The van der Waals surface area contributed by atoms with Crippen LogP contribution in [0.4, 0.5) is 11.4 Å². The van der Waals surface area contributed by atoms with Crippen molar-refractivity contribution in [2.24, 2.45) is 11.7 Å². The highest BCUT2D eigenvalue weighted by atomic mass is 16.5. The number of anilines is 2. The molecule has 0 aromatic heterocycles. The van der Waals surface area contributed by atoms with Gasteiger partial charge in [-0.15, -0.1) is 0 Å². The molecule has 0 aliphatic carbocycles. The lowest BCUT2D eigenvalue weighted by Crippen LogP contribution is -2.38. The number of nitrogens with one attached hydrogen (secondary N) is 1. The summed E-state index contributed by atoms with van der Waals surface area (Å²) in [5, 5.41) is 2.98. The summed E-state index contributed by atoms with van der Waals surface area (Å²) in [6.45, 7) is 1.43. The van der Waals surface area contributed by atoms with E-state index in [-0.39, 0.29) is 17.7 Å². The Morgan fingerprint density at radius 3 is 2.21 bits per heavy atom. The van der Waals surface area contributed by atoms with E-state index in [0.29, 0.717) is 48.7 Å². The third-order valence-electron chi connectivity index (χ3n) is 5.00. The molecule has 0 atom stereocenters. The minimum atomic E-state index is -0.253. The van der Waals surface area contributed by atoms with Gasteiger partial charge in [-0.05, 0) is 37.1 Å². The zero-order valence-electron chi connectivity index (χ0n) is 16.1. The first kappa shape index (κ1) is 19.5. The van der Waals surface area contributed by atoms with Gasteiger partial charge in [0.25, 0.3) is 5.91 Å². The van der Waals surface area contributed by atoms with Crippen molar-refractivity contribution in [3.8, 4) is 11.5 Å². The fraction of sp³-hybridized carbons (Fsp3) is 0.333. The molecule has 1 heterocycles. The van der Waals surface area contributed by atoms with Crippen LogP contribution in [0.5, 0.6) is 11.5 Å². The monoisotopic (exact) mass is 383 g/mol. The third kappa shape index (κ3) is 4.36. The van der Waals surface area contributed by atoms with Crippen LogP contribution < -0.4 is 25.4 Å². The number of carbonyl (C=O) groups excluding carboxylic acids is 2. The number of ether oxygens (including phenoxy) is 2. The van der Waals surface area contributed by atoms with Gasteiger partial charge in [0.05, 0.1) is 25.6 Å². The van der Waals surface area contributed by atoms with Crippen LogP contribution in [0.1, 0.15) is 23.2 Å². The van der Waals surface area contributed by atoms with Crippen molar-refractivity contribution in [3.63, 3.8) is 0 Å². The Balaban J connectivity index is 1.79. The van der Waals surface area contributed by atoms with Gasteiger partial charge >= 0.3 is 0 Å². The zero-order valence-corrected chi connectivity index (χ0v) is 16.1.